The summed E-state index contributed by atoms with van der Waals surface area (Å²) in [6.45, 7) is 6.62. The van der Waals surface area contributed by atoms with Crippen molar-refractivity contribution in [2.75, 3.05) is 0 Å². The van der Waals surface area contributed by atoms with Crippen LogP contribution in [-0.2, 0) is 4.79 Å². The van der Waals surface area contributed by atoms with Gasteiger partial charge in [0.15, 0.2) is 0 Å². The van der Waals surface area contributed by atoms with Crippen LogP contribution in [0.3, 0.4) is 0 Å². The Hall–Kier alpha value is -0.330. The molecule has 1 nitrogen and oxygen atoms in total. The van der Waals surface area contributed by atoms with Crippen molar-refractivity contribution in [3.8, 4) is 0 Å². The van der Waals surface area contributed by atoms with Gasteiger partial charge in [-0.25, -0.2) is 0 Å². The predicted octanol–water partition coefficient (Wildman–Crippen LogP) is 6.30. The molecule has 0 amide bonds. The number of carbonyl (C=O) groups is 1. The third kappa shape index (κ3) is 6.41. The highest BCUT2D eigenvalue weighted by atomic mass is 16.1. The molecule has 1 unspecified atom stereocenters. The summed E-state index contributed by atoms with van der Waals surface area (Å²) in [4.78, 5) is 12.4. The average Bonchev–Trinajstić information content (AvgIpc) is 2.42. The summed E-state index contributed by atoms with van der Waals surface area (Å²) >= 11 is 0. The van der Waals surface area contributed by atoms with Gasteiger partial charge in [0.1, 0.15) is 5.78 Å². The average molecular weight is 280 g/mol. The van der Waals surface area contributed by atoms with Crippen LogP contribution in [0.5, 0.6) is 0 Å². The van der Waals surface area contributed by atoms with Gasteiger partial charge in [0.2, 0.25) is 0 Å². The van der Waals surface area contributed by atoms with Crippen molar-refractivity contribution in [1.29, 1.82) is 0 Å². The molecule has 0 heterocycles. The molecule has 1 aliphatic carbocycles. The van der Waals surface area contributed by atoms with E-state index in [0.29, 0.717) is 11.7 Å². The normalized spacial score (nSPS) is 28.1. The van der Waals surface area contributed by atoms with Gasteiger partial charge in [-0.2, -0.15) is 0 Å². The van der Waals surface area contributed by atoms with E-state index in [-0.39, 0.29) is 5.41 Å². The first-order chi connectivity index (χ1) is 9.55. The van der Waals surface area contributed by atoms with Crippen LogP contribution in [0.25, 0.3) is 0 Å². The minimum absolute atomic E-state index is 0.114. The zero-order chi connectivity index (χ0) is 14.8. The molecule has 1 heteroatoms. The molecule has 118 valence electrons. The van der Waals surface area contributed by atoms with Crippen molar-refractivity contribution in [1.82, 2.24) is 0 Å². The fourth-order valence-electron chi connectivity index (χ4n) is 3.28. The first-order valence-corrected chi connectivity index (χ1v) is 9.08. The van der Waals surface area contributed by atoms with Crippen LogP contribution >= 0.6 is 0 Å². The van der Waals surface area contributed by atoms with Crippen LogP contribution < -0.4 is 0 Å². The molecule has 0 N–H and O–H groups in total. The quantitative estimate of drug-likeness (QED) is 0.508. The molecule has 0 aromatic heterocycles. The molecule has 0 saturated heterocycles. The Morgan fingerprint density at radius 2 is 1.15 bits per heavy atom. The van der Waals surface area contributed by atoms with Gasteiger partial charge in [-0.05, 0) is 18.8 Å². The topological polar surface area (TPSA) is 17.1 Å². The van der Waals surface area contributed by atoms with E-state index in [1.807, 2.05) is 0 Å². The molecule has 1 saturated carbocycles. The molecule has 1 rings (SSSR count). The van der Waals surface area contributed by atoms with E-state index in [4.69, 9.17) is 0 Å². The van der Waals surface area contributed by atoms with Gasteiger partial charge in [-0.3, -0.25) is 4.79 Å². The number of carbonyl (C=O) groups excluding carboxylic acids is 1. The molecule has 0 bridgehead atoms. The van der Waals surface area contributed by atoms with E-state index in [9.17, 15) is 4.79 Å². The first-order valence-electron chi connectivity index (χ1n) is 9.08. The highest BCUT2D eigenvalue weighted by Crippen LogP contribution is 2.33. The van der Waals surface area contributed by atoms with E-state index < -0.39 is 0 Å². The molecular weight excluding hydrogens is 244 g/mol. The minimum atomic E-state index is -0.114. The van der Waals surface area contributed by atoms with Gasteiger partial charge in [-0.1, -0.05) is 85.0 Å². The van der Waals surface area contributed by atoms with Gasteiger partial charge in [0.25, 0.3) is 0 Å². The summed E-state index contributed by atoms with van der Waals surface area (Å²) in [5, 5.41) is 0. The van der Waals surface area contributed by atoms with Crippen LogP contribution in [0, 0.1) is 11.3 Å². The smallest absolute Gasteiger partial charge is 0.138 e. The van der Waals surface area contributed by atoms with Gasteiger partial charge in [0, 0.05) is 11.8 Å². The second-order valence-corrected chi connectivity index (χ2v) is 7.47. The van der Waals surface area contributed by atoms with Crippen molar-refractivity contribution in [2.24, 2.45) is 11.3 Å². The lowest BCUT2D eigenvalue weighted by Gasteiger charge is -2.30. The van der Waals surface area contributed by atoms with Crippen molar-refractivity contribution < 1.29 is 4.79 Å². The number of hydrogen-bond donors (Lipinski definition) is 0. The maximum atomic E-state index is 12.4. The van der Waals surface area contributed by atoms with Crippen LogP contribution in [-0.4, -0.2) is 5.78 Å². The molecule has 0 aromatic carbocycles. The maximum Gasteiger partial charge on any atom is 0.138 e. The van der Waals surface area contributed by atoms with Crippen molar-refractivity contribution in [2.45, 2.75) is 104 Å². The highest BCUT2D eigenvalue weighted by Gasteiger charge is 2.32. The fourth-order valence-corrected chi connectivity index (χ4v) is 3.28. The Labute approximate surface area is 126 Å². The number of ketones is 1. The van der Waals surface area contributed by atoms with Crippen molar-refractivity contribution in [3.63, 3.8) is 0 Å². The monoisotopic (exact) mass is 280 g/mol. The molecule has 0 aromatic rings. The fraction of sp³-hybridized carbons (Fsp3) is 0.947. The zero-order valence-electron chi connectivity index (χ0n) is 14.2. The van der Waals surface area contributed by atoms with Crippen LogP contribution in [0.4, 0.5) is 0 Å². The lowest BCUT2D eigenvalue weighted by atomic mass is 9.73. The SMILES string of the molecule is CC1CCCCCCCCCCCCCC(=O)C1(C)C. The lowest BCUT2D eigenvalue weighted by molar-refractivity contribution is -0.129. The Kier molecular flexibility index (Phi) is 8.49. The van der Waals surface area contributed by atoms with Gasteiger partial charge >= 0.3 is 0 Å². The molecule has 1 atom stereocenters. The van der Waals surface area contributed by atoms with E-state index >= 15 is 0 Å². The Balaban J connectivity index is 2.45. The van der Waals surface area contributed by atoms with Gasteiger partial charge in [-0.15, -0.1) is 0 Å². The Bertz CT molecular complexity index is 267. The van der Waals surface area contributed by atoms with Gasteiger partial charge in [0.05, 0.1) is 0 Å². The summed E-state index contributed by atoms with van der Waals surface area (Å²) < 4.78 is 0. The Morgan fingerprint density at radius 1 is 0.750 bits per heavy atom. The largest absolute Gasteiger partial charge is 0.299 e. The summed E-state index contributed by atoms with van der Waals surface area (Å²) in [5.41, 5.74) is -0.114. The van der Waals surface area contributed by atoms with Gasteiger partial charge < -0.3 is 0 Å². The maximum absolute atomic E-state index is 12.4. The number of hydrogen-bond acceptors (Lipinski definition) is 1. The second-order valence-electron chi connectivity index (χ2n) is 7.47. The van der Waals surface area contributed by atoms with E-state index in [1.165, 1.54) is 70.6 Å². The number of rotatable bonds is 0. The molecule has 0 spiro atoms. The standard InChI is InChI=1S/C19H36O/c1-17-15-13-11-9-7-5-4-6-8-10-12-14-16-18(20)19(17,2)3/h17H,4-16H2,1-3H3. The molecule has 20 heavy (non-hydrogen) atoms. The van der Waals surface area contributed by atoms with Crippen LogP contribution in [0.2, 0.25) is 0 Å². The first kappa shape index (κ1) is 17.7. The molecule has 1 fully saturated rings. The zero-order valence-corrected chi connectivity index (χ0v) is 14.2. The highest BCUT2D eigenvalue weighted by molar-refractivity contribution is 5.84. The summed E-state index contributed by atoms with van der Waals surface area (Å²) in [6.07, 6.45) is 16.8. The minimum Gasteiger partial charge on any atom is -0.299 e. The predicted molar refractivity (Wildman–Crippen MR) is 88.0 cm³/mol. The summed E-state index contributed by atoms with van der Waals surface area (Å²) in [7, 11) is 0. The van der Waals surface area contributed by atoms with Crippen LogP contribution in [0.15, 0.2) is 0 Å². The van der Waals surface area contributed by atoms with E-state index in [2.05, 4.69) is 20.8 Å². The molecule has 0 radical (unpaired) electrons. The number of Topliss-reactive ketones (excluding diaryl/α,β-unsaturated/α-hetero) is 1. The molecular formula is C19H36O. The molecule has 0 aliphatic heterocycles. The summed E-state index contributed by atoms with van der Waals surface area (Å²) in [6, 6.07) is 0. The van der Waals surface area contributed by atoms with Crippen molar-refractivity contribution in [3.05, 3.63) is 0 Å². The van der Waals surface area contributed by atoms with Crippen LogP contribution in [0.1, 0.15) is 104 Å². The Morgan fingerprint density at radius 3 is 1.65 bits per heavy atom. The third-order valence-corrected chi connectivity index (χ3v) is 5.49. The lowest BCUT2D eigenvalue weighted by Crippen LogP contribution is -2.31. The summed E-state index contributed by atoms with van der Waals surface area (Å²) in [5.74, 6) is 1.03. The van der Waals surface area contributed by atoms with E-state index in [0.717, 1.165) is 12.8 Å². The van der Waals surface area contributed by atoms with Crippen molar-refractivity contribution >= 4 is 5.78 Å². The van der Waals surface area contributed by atoms with E-state index in [1.54, 1.807) is 0 Å². The molecule has 1 aliphatic rings. The third-order valence-electron chi connectivity index (χ3n) is 5.49. The second kappa shape index (κ2) is 9.58.